The van der Waals surface area contributed by atoms with Crippen LogP contribution in [-0.2, 0) is 24.9 Å². The highest BCUT2D eigenvalue weighted by Gasteiger charge is 2.12. The number of unbranched alkanes of at least 4 members (excludes halogenated alkanes) is 4. The predicted octanol–water partition coefficient (Wildman–Crippen LogP) is 2.52. The number of amides is 1. The van der Waals surface area contributed by atoms with Crippen LogP contribution in [0.2, 0.25) is 0 Å². The maximum absolute atomic E-state index is 11.5. The Bertz CT molecular complexity index is 498. The fourth-order valence-corrected chi connectivity index (χ4v) is 2.46. The number of carbonyl (C=O) groups excluding carboxylic acids is 1. The summed E-state index contributed by atoms with van der Waals surface area (Å²) in [7, 11) is -4.54. The smallest absolute Gasteiger partial charge is 0.290 e. The molecule has 23 heavy (non-hydrogen) atoms. The van der Waals surface area contributed by atoms with Crippen LogP contribution in [0.5, 0.6) is 0 Å². The summed E-state index contributed by atoms with van der Waals surface area (Å²) in [6.45, 7) is 2.02. The first-order valence-corrected chi connectivity index (χ1v) is 9.32. The number of aromatic nitrogens is 1. The molecule has 1 N–H and O–H groups in total. The molecule has 0 spiro atoms. The molecule has 0 aliphatic heterocycles. The van der Waals surface area contributed by atoms with E-state index in [9.17, 15) is 14.3 Å². The Labute approximate surface area is 137 Å². The molecule has 1 aromatic heterocycles. The summed E-state index contributed by atoms with van der Waals surface area (Å²) in [6, 6.07) is 5.33. The third kappa shape index (κ3) is 10.2. The van der Waals surface area contributed by atoms with E-state index >= 15 is 0 Å². The number of phosphoric ester groups is 1. The van der Waals surface area contributed by atoms with Gasteiger partial charge in [0.15, 0.2) is 0 Å². The molecule has 0 aliphatic rings. The van der Waals surface area contributed by atoms with Gasteiger partial charge in [-0.3, -0.25) is 14.3 Å². The van der Waals surface area contributed by atoms with Crippen molar-refractivity contribution in [3.8, 4) is 0 Å². The van der Waals surface area contributed by atoms with Crippen LogP contribution in [0, 0.1) is 0 Å². The quantitative estimate of drug-likeness (QED) is 0.355. The number of pyridine rings is 1. The Hall–Kier alpha value is -1.27. The Morgan fingerprint density at radius 1 is 1.30 bits per heavy atom. The molecule has 8 heteroatoms. The molecule has 1 aromatic rings. The highest BCUT2D eigenvalue weighted by molar-refractivity contribution is 7.45. The molecular weight excluding hydrogens is 319 g/mol. The normalized spacial score (nSPS) is 13.5. The van der Waals surface area contributed by atoms with Crippen LogP contribution in [-0.4, -0.2) is 17.5 Å². The van der Waals surface area contributed by atoms with Crippen molar-refractivity contribution < 1.29 is 23.4 Å². The van der Waals surface area contributed by atoms with E-state index in [0.717, 1.165) is 25.7 Å². The molecule has 0 saturated carbocycles. The maximum Gasteiger partial charge on any atom is 0.290 e. The molecule has 130 valence electrons. The molecule has 1 unspecified atom stereocenters. The van der Waals surface area contributed by atoms with Gasteiger partial charge in [-0.2, -0.15) is 0 Å². The average molecular weight is 343 g/mol. The van der Waals surface area contributed by atoms with Crippen LogP contribution in [0.4, 0.5) is 0 Å². The van der Waals surface area contributed by atoms with Gasteiger partial charge in [-0.05, 0) is 18.6 Å². The first kappa shape index (κ1) is 19.8. The van der Waals surface area contributed by atoms with Gasteiger partial charge in [0.1, 0.15) is 0 Å². The lowest BCUT2D eigenvalue weighted by molar-refractivity contribution is -0.231. The minimum Gasteiger partial charge on any atom is -0.755 e. The number of hydroxylamine groups is 1. The zero-order valence-corrected chi connectivity index (χ0v) is 14.3. The fraction of sp³-hybridized carbons (Fsp3) is 0.600. The second-order valence-corrected chi connectivity index (χ2v) is 6.47. The highest BCUT2D eigenvalue weighted by atomic mass is 31.2. The minimum absolute atomic E-state index is 0.0926. The summed E-state index contributed by atoms with van der Waals surface area (Å²) in [5, 5.41) is 0. The largest absolute Gasteiger partial charge is 0.755 e. The fourth-order valence-electron chi connectivity index (χ4n) is 1.88. The zero-order chi connectivity index (χ0) is 17.0. The monoisotopic (exact) mass is 343 g/mol. The highest BCUT2D eigenvalue weighted by Crippen LogP contribution is 2.36. The summed E-state index contributed by atoms with van der Waals surface area (Å²) < 4.78 is 20.5. The molecular formula is C15H24N2O5P-. The van der Waals surface area contributed by atoms with Crippen molar-refractivity contribution in [1.82, 2.24) is 10.5 Å². The lowest BCUT2D eigenvalue weighted by Gasteiger charge is -2.21. The minimum atomic E-state index is -4.54. The van der Waals surface area contributed by atoms with E-state index in [1.165, 1.54) is 0 Å². The van der Waals surface area contributed by atoms with Gasteiger partial charge in [0.25, 0.3) is 7.82 Å². The van der Waals surface area contributed by atoms with Crippen LogP contribution < -0.4 is 10.4 Å². The molecule has 0 fully saturated rings. The van der Waals surface area contributed by atoms with E-state index in [4.69, 9.17) is 0 Å². The van der Waals surface area contributed by atoms with Crippen molar-refractivity contribution in [3.05, 3.63) is 30.1 Å². The molecule has 0 radical (unpaired) electrons. The number of carbonyl (C=O) groups is 1. The van der Waals surface area contributed by atoms with Gasteiger partial charge in [-0.25, -0.2) is 10.1 Å². The summed E-state index contributed by atoms with van der Waals surface area (Å²) in [4.78, 5) is 27.0. The number of hydrogen-bond donors (Lipinski definition) is 1. The van der Waals surface area contributed by atoms with E-state index in [0.29, 0.717) is 18.5 Å². The molecule has 0 aromatic carbocycles. The Balaban J connectivity index is 2.14. The van der Waals surface area contributed by atoms with Gasteiger partial charge in [0.2, 0.25) is 5.91 Å². The van der Waals surface area contributed by atoms with Crippen molar-refractivity contribution in [1.29, 1.82) is 0 Å². The summed E-state index contributed by atoms with van der Waals surface area (Å²) >= 11 is 0. The number of nitrogens with zero attached hydrogens (tertiary/aromatic N) is 1. The van der Waals surface area contributed by atoms with E-state index in [1.807, 2.05) is 5.48 Å². The van der Waals surface area contributed by atoms with E-state index in [2.05, 4.69) is 21.1 Å². The molecule has 0 saturated heterocycles. The van der Waals surface area contributed by atoms with Gasteiger partial charge in [-0.1, -0.05) is 38.7 Å². The third-order valence-electron chi connectivity index (χ3n) is 3.11. The summed E-state index contributed by atoms with van der Waals surface area (Å²) in [5.41, 5.74) is 2.62. The molecule has 1 rings (SSSR count). The van der Waals surface area contributed by atoms with Crippen molar-refractivity contribution in [2.24, 2.45) is 0 Å². The lowest BCUT2D eigenvalue weighted by Crippen LogP contribution is -2.25. The van der Waals surface area contributed by atoms with E-state index in [1.54, 1.807) is 24.4 Å². The van der Waals surface area contributed by atoms with Crippen LogP contribution in [0.3, 0.4) is 0 Å². The van der Waals surface area contributed by atoms with Crippen LogP contribution in [0.25, 0.3) is 0 Å². The van der Waals surface area contributed by atoms with Gasteiger partial charge < -0.3 is 9.42 Å². The standard InChI is InChI=1S/C15H25N2O5P/c1-2-3-4-5-6-10-15(18)17-22-23(19,20)21-13-11-14-9-7-8-12-16-14/h7-9,12H,2-6,10-11,13H2,1H3,(H,17,18)(H,19,20)/p-1. The molecule has 1 amide bonds. The molecule has 0 aliphatic carbocycles. The SMILES string of the molecule is CCCCCCCC(=O)NOP(=O)([O-])OCCc1ccccn1. The van der Waals surface area contributed by atoms with Gasteiger partial charge >= 0.3 is 0 Å². The second kappa shape index (κ2) is 11.3. The van der Waals surface area contributed by atoms with Crippen molar-refractivity contribution in [2.45, 2.75) is 51.9 Å². The van der Waals surface area contributed by atoms with Crippen molar-refractivity contribution in [2.75, 3.05) is 6.61 Å². The number of nitrogens with one attached hydrogen (secondary N) is 1. The van der Waals surface area contributed by atoms with Crippen LogP contribution >= 0.6 is 7.82 Å². The molecule has 7 nitrogen and oxygen atoms in total. The summed E-state index contributed by atoms with van der Waals surface area (Å²) in [6.07, 6.45) is 7.17. The van der Waals surface area contributed by atoms with Gasteiger partial charge in [-0.15, -0.1) is 0 Å². The topological polar surface area (TPSA) is 101 Å². The lowest BCUT2D eigenvalue weighted by atomic mass is 10.1. The van der Waals surface area contributed by atoms with Crippen LogP contribution in [0.1, 0.15) is 51.1 Å². The third-order valence-corrected chi connectivity index (χ3v) is 3.93. The molecule has 1 heterocycles. The Kier molecular flexibility index (Phi) is 9.71. The van der Waals surface area contributed by atoms with E-state index < -0.39 is 13.7 Å². The van der Waals surface area contributed by atoms with E-state index in [-0.39, 0.29) is 13.0 Å². The van der Waals surface area contributed by atoms with Crippen LogP contribution in [0.15, 0.2) is 24.4 Å². The van der Waals surface area contributed by atoms with Crippen molar-refractivity contribution >= 4 is 13.7 Å². The first-order valence-electron chi connectivity index (χ1n) is 7.86. The second-order valence-electron chi connectivity index (χ2n) is 5.13. The maximum atomic E-state index is 11.5. The molecule has 1 atom stereocenters. The van der Waals surface area contributed by atoms with Gasteiger partial charge in [0, 0.05) is 24.7 Å². The number of phosphoric acid groups is 1. The Morgan fingerprint density at radius 3 is 2.78 bits per heavy atom. The molecule has 0 bridgehead atoms. The average Bonchev–Trinajstić information content (AvgIpc) is 2.54. The summed E-state index contributed by atoms with van der Waals surface area (Å²) in [5.74, 6) is -0.467. The number of rotatable bonds is 12. The zero-order valence-electron chi connectivity index (χ0n) is 13.4. The predicted molar refractivity (Wildman–Crippen MR) is 84.1 cm³/mol. The Morgan fingerprint density at radius 2 is 2.09 bits per heavy atom. The van der Waals surface area contributed by atoms with Gasteiger partial charge in [0.05, 0.1) is 6.61 Å². The number of hydrogen-bond acceptors (Lipinski definition) is 6. The first-order chi connectivity index (χ1) is 11.0. The van der Waals surface area contributed by atoms with Crippen molar-refractivity contribution in [3.63, 3.8) is 0 Å².